The van der Waals surface area contributed by atoms with Crippen molar-refractivity contribution in [3.63, 3.8) is 0 Å². The van der Waals surface area contributed by atoms with Crippen LogP contribution < -0.4 is 4.74 Å². The normalized spacial score (nSPS) is 17.6. The zero-order valence-corrected chi connectivity index (χ0v) is 17.0. The van der Waals surface area contributed by atoms with Gasteiger partial charge in [0, 0.05) is 12.5 Å². The lowest BCUT2D eigenvalue weighted by Gasteiger charge is -2.39. The van der Waals surface area contributed by atoms with Crippen molar-refractivity contribution in [3.05, 3.63) is 102 Å². The zero-order chi connectivity index (χ0) is 20.1. The molecule has 0 spiro atoms. The molecule has 1 N–H and O–H groups in total. The quantitative estimate of drug-likeness (QED) is 0.631. The Morgan fingerprint density at radius 3 is 1.97 bits per heavy atom. The fraction of sp³-hybridized carbons (Fsp3) is 0.308. The maximum Gasteiger partial charge on any atom is 0.123 e. The fourth-order valence-corrected chi connectivity index (χ4v) is 4.49. The molecule has 2 atom stereocenters. The molecule has 3 aromatic rings. The molecule has 0 radical (unpaired) electrons. The van der Waals surface area contributed by atoms with E-state index in [2.05, 4.69) is 29.2 Å². The highest BCUT2D eigenvalue weighted by Gasteiger charge is 2.42. The highest BCUT2D eigenvalue weighted by Crippen LogP contribution is 2.43. The summed E-state index contributed by atoms with van der Waals surface area (Å²) in [6, 6.07) is 28.3. The van der Waals surface area contributed by atoms with Gasteiger partial charge in [-0.2, -0.15) is 0 Å². The van der Waals surface area contributed by atoms with Gasteiger partial charge in [-0.05, 0) is 54.8 Å². The van der Waals surface area contributed by atoms with Gasteiger partial charge >= 0.3 is 0 Å². The number of benzene rings is 3. The van der Waals surface area contributed by atoms with Gasteiger partial charge in [-0.15, -0.1) is 0 Å². The maximum atomic E-state index is 12.4. The second-order valence-electron chi connectivity index (χ2n) is 7.83. The third-order valence-electron chi connectivity index (χ3n) is 6.09. The average Bonchev–Trinajstić information content (AvgIpc) is 3.32. The molecule has 1 heterocycles. The smallest absolute Gasteiger partial charge is 0.123 e. The molecule has 0 bridgehead atoms. The Morgan fingerprint density at radius 1 is 0.828 bits per heavy atom. The van der Waals surface area contributed by atoms with E-state index in [0.717, 1.165) is 42.1 Å². The fourth-order valence-electron chi connectivity index (χ4n) is 4.49. The number of aliphatic hydroxyl groups is 1. The summed E-state index contributed by atoms with van der Waals surface area (Å²) >= 11 is 0. The van der Waals surface area contributed by atoms with Gasteiger partial charge < -0.3 is 14.7 Å². The van der Waals surface area contributed by atoms with Crippen molar-refractivity contribution in [2.24, 2.45) is 0 Å². The monoisotopic (exact) mass is 387 g/mol. The number of ether oxygens (including phenoxy) is 1. The topological polar surface area (TPSA) is 32.7 Å². The molecule has 1 aliphatic heterocycles. The first-order valence-corrected chi connectivity index (χ1v) is 10.4. The summed E-state index contributed by atoms with van der Waals surface area (Å²) in [4.78, 5) is 2.48. The van der Waals surface area contributed by atoms with Crippen molar-refractivity contribution in [2.75, 3.05) is 26.7 Å². The van der Waals surface area contributed by atoms with E-state index in [9.17, 15) is 5.11 Å². The molecule has 1 aliphatic rings. The lowest BCUT2D eigenvalue weighted by atomic mass is 9.72. The van der Waals surface area contributed by atoms with Crippen LogP contribution in [0, 0.1) is 0 Å². The van der Waals surface area contributed by atoms with Gasteiger partial charge in [-0.25, -0.2) is 0 Å². The Kier molecular flexibility index (Phi) is 5.98. The van der Waals surface area contributed by atoms with Gasteiger partial charge in [0.1, 0.15) is 11.4 Å². The van der Waals surface area contributed by atoms with Crippen LogP contribution in [-0.2, 0) is 5.60 Å². The van der Waals surface area contributed by atoms with E-state index in [-0.39, 0.29) is 5.92 Å². The average molecular weight is 388 g/mol. The third kappa shape index (κ3) is 4.07. The van der Waals surface area contributed by atoms with Crippen molar-refractivity contribution in [1.82, 2.24) is 4.90 Å². The minimum atomic E-state index is -1.14. The molecule has 3 heteroatoms. The molecule has 29 heavy (non-hydrogen) atoms. The minimum Gasteiger partial charge on any atom is -0.497 e. The summed E-state index contributed by atoms with van der Waals surface area (Å²) in [5, 5.41) is 12.4. The largest absolute Gasteiger partial charge is 0.497 e. The van der Waals surface area contributed by atoms with Crippen LogP contribution >= 0.6 is 0 Å². The van der Waals surface area contributed by atoms with Crippen molar-refractivity contribution in [2.45, 2.75) is 24.4 Å². The molecule has 0 saturated carbocycles. The number of hydrogen-bond donors (Lipinski definition) is 1. The van der Waals surface area contributed by atoms with E-state index in [1.807, 2.05) is 60.7 Å². The summed E-state index contributed by atoms with van der Waals surface area (Å²) in [6.45, 7) is 3.01. The summed E-state index contributed by atoms with van der Waals surface area (Å²) in [5.41, 5.74) is 1.81. The van der Waals surface area contributed by atoms with Crippen molar-refractivity contribution < 1.29 is 9.84 Å². The predicted molar refractivity (Wildman–Crippen MR) is 117 cm³/mol. The van der Waals surface area contributed by atoms with E-state index in [1.54, 1.807) is 7.11 Å². The molecule has 1 fully saturated rings. The second kappa shape index (κ2) is 8.81. The third-order valence-corrected chi connectivity index (χ3v) is 6.09. The zero-order valence-electron chi connectivity index (χ0n) is 17.0. The number of nitrogens with zero attached hydrogens (tertiary/aromatic N) is 1. The number of likely N-dealkylation sites (tertiary alicyclic amines) is 1. The highest BCUT2D eigenvalue weighted by atomic mass is 16.5. The first-order chi connectivity index (χ1) is 14.2. The van der Waals surface area contributed by atoms with Crippen LogP contribution in [0.25, 0.3) is 0 Å². The van der Waals surface area contributed by atoms with E-state index in [0.29, 0.717) is 0 Å². The summed E-state index contributed by atoms with van der Waals surface area (Å²) in [6.07, 6.45) is 2.46. The van der Waals surface area contributed by atoms with Crippen LogP contribution in [-0.4, -0.2) is 36.8 Å². The van der Waals surface area contributed by atoms with Crippen molar-refractivity contribution in [3.8, 4) is 5.75 Å². The second-order valence-corrected chi connectivity index (χ2v) is 7.83. The van der Waals surface area contributed by atoms with Gasteiger partial charge in [0.2, 0.25) is 0 Å². The Balaban J connectivity index is 1.85. The number of hydrogen-bond acceptors (Lipinski definition) is 3. The molecule has 0 aromatic heterocycles. The summed E-state index contributed by atoms with van der Waals surface area (Å²) in [5.74, 6) is 0.706. The maximum absolute atomic E-state index is 12.4. The molecular weight excluding hydrogens is 358 g/mol. The first-order valence-electron chi connectivity index (χ1n) is 10.4. The van der Waals surface area contributed by atoms with Gasteiger partial charge in [0.15, 0.2) is 0 Å². The summed E-state index contributed by atoms with van der Waals surface area (Å²) in [7, 11) is 1.67. The predicted octanol–water partition coefficient (Wildman–Crippen LogP) is 4.81. The van der Waals surface area contributed by atoms with Gasteiger partial charge in [0.25, 0.3) is 0 Å². The van der Waals surface area contributed by atoms with Crippen molar-refractivity contribution >= 4 is 0 Å². The minimum absolute atomic E-state index is 0.0856. The van der Waals surface area contributed by atoms with Crippen LogP contribution in [0.2, 0.25) is 0 Å². The van der Waals surface area contributed by atoms with E-state index < -0.39 is 5.60 Å². The molecule has 3 aromatic carbocycles. The lowest BCUT2D eigenvalue weighted by molar-refractivity contribution is 0.0366. The van der Waals surface area contributed by atoms with Crippen LogP contribution in [0.4, 0.5) is 0 Å². The molecule has 3 nitrogen and oxygen atoms in total. The molecule has 0 aliphatic carbocycles. The molecule has 0 amide bonds. The highest BCUT2D eigenvalue weighted by molar-refractivity contribution is 5.43. The SMILES string of the molecule is COc1ccc([C@@](O)(c2ccccc2)[C@H](CN2CCCC2)c2ccccc2)cc1. The van der Waals surface area contributed by atoms with Crippen molar-refractivity contribution in [1.29, 1.82) is 0 Å². The lowest BCUT2D eigenvalue weighted by Crippen LogP contribution is -2.41. The van der Waals surface area contributed by atoms with E-state index in [4.69, 9.17) is 4.74 Å². The standard InChI is InChI=1S/C26H29NO2/c1-29-24-16-14-23(15-17-24)26(28,22-12-6-3-7-13-22)25(20-27-18-8-9-19-27)21-10-4-2-5-11-21/h2-7,10-17,25,28H,8-9,18-20H2,1H3/t25-,26+/m1/s1. The van der Waals surface area contributed by atoms with Crippen LogP contribution in [0.3, 0.4) is 0 Å². The van der Waals surface area contributed by atoms with E-state index >= 15 is 0 Å². The van der Waals surface area contributed by atoms with E-state index in [1.165, 1.54) is 12.8 Å². The Morgan fingerprint density at radius 2 is 1.38 bits per heavy atom. The van der Waals surface area contributed by atoms with Gasteiger partial charge in [0.05, 0.1) is 7.11 Å². The first kappa shape index (κ1) is 19.7. The van der Waals surface area contributed by atoms with Gasteiger partial charge in [-0.3, -0.25) is 0 Å². The number of rotatable bonds is 7. The molecule has 0 unspecified atom stereocenters. The van der Waals surface area contributed by atoms with Gasteiger partial charge in [-0.1, -0.05) is 72.8 Å². The van der Waals surface area contributed by atoms with Crippen LogP contribution in [0.5, 0.6) is 5.75 Å². The molecule has 150 valence electrons. The molecular formula is C26H29NO2. The Hall–Kier alpha value is -2.62. The Bertz CT molecular complexity index is 889. The Labute approximate surface area is 173 Å². The van der Waals surface area contributed by atoms with Crippen LogP contribution in [0.1, 0.15) is 35.4 Å². The number of methoxy groups -OCH3 is 1. The summed E-state index contributed by atoms with van der Waals surface area (Å²) < 4.78 is 5.35. The molecule has 1 saturated heterocycles. The van der Waals surface area contributed by atoms with Crippen LogP contribution in [0.15, 0.2) is 84.9 Å². The molecule has 4 rings (SSSR count).